The highest BCUT2D eigenvalue weighted by Gasteiger charge is 2.13. The molecular formula is C12H8Cl2N4O2S. The quantitative estimate of drug-likeness (QED) is 0.662. The van der Waals surface area contributed by atoms with Gasteiger partial charge in [-0.2, -0.15) is 0 Å². The lowest BCUT2D eigenvalue weighted by molar-refractivity contribution is 0.428. The number of rotatable bonds is 4. The van der Waals surface area contributed by atoms with Gasteiger partial charge in [-0.25, -0.2) is 0 Å². The van der Waals surface area contributed by atoms with Crippen LogP contribution in [0, 0.1) is 6.92 Å². The maximum Gasteiger partial charge on any atom is 0.277 e. The average molecular weight is 343 g/mol. The minimum absolute atomic E-state index is 0.342. The Balaban J connectivity index is 1.74. The van der Waals surface area contributed by atoms with Crippen LogP contribution in [0.15, 0.2) is 32.3 Å². The summed E-state index contributed by atoms with van der Waals surface area (Å²) in [5.41, 5.74) is 0.637. The average Bonchev–Trinajstić information content (AvgIpc) is 3.05. The molecule has 0 aliphatic carbocycles. The molecule has 0 amide bonds. The molecule has 0 radical (unpaired) electrons. The van der Waals surface area contributed by atoms with Crippen molar-refractivity contribution in [3.05, 3.63) is 40.0 Å². The molecule has 6 nitrogen and oxygen atoms in total. The zero-order valence-corrected chi connectivity index (χ0v) is 13.0. The summed E-state index contributed by atoms with van der Waals surface area (Å²) in [7, 11) is 0. The van der Waals surface area contributed by atoms with Gasteiger partial charge in [0.2, 0.25) is 17.7 Å². The van der Waals surface area contributed by atoms with E-state index >= 15 is 0 Å². The summed E-state index contributed by atoms with van der Waals surface area (Å²) < 4.78 is 10.8. The lowest BCUT2D eigenvalue weighted by Crippen LogP contribution is -1.80. The van der Waals surface area contributed by atoms with Crippen LogP contribution in [0.1, 0.15) is 11.8 Å². The van der Waals surface area contributed by atoms with Crippen LogP contribution < -0.4 is 0 Å². The summed E-state index contributed by atoms with van der Waals surface area (Å²) in [6.07, 6.45) is 0. The van der Waals surface area contributed by atoms with Gasteiger partial charge in [-0.05, 0) is 18.2 Å². The molecule has 3 aromatic rings. The summed E-state index contributed by atoms with van der Waals surface area (Å²) in [5.74, 6) is 1.72. The van der Waals surface area contributed by atoms with Gasteiger partial charge in [0.1, 0.15) is 0 Å². The molecule has 1 aromatic carbocycles. The van der Waals surface area contributed by atoms with E-state index in [0.29, 0.717) is 44.3 Å². The fraction of sp³-hybridized carbons (Fsp3) is 0.167. The predicted octanol–water partition coefficient (Wildman–Crippen LogP) is 4.03. The fourth-order valence-electron chi connectivity index (χ4n) is 1.54. The molecule has 3 rings (SSSR count). The highest BCUT2D eigenvalue weighted by atomic mass is 35.5. The second-order valence-corrected chi connectivity index (χ2v) is 5.77. The lowest BCUT2D eigenvalue weighted by atomic mass is 10.2. The molecule has 0 bridgehead atoms. The Kier molecular flexibility index (Phi) is 4.14. The third-order valence-corrected chi connectivity index (χ3v) is 3.81. The van der Waals surface area contributed by atoms with Gasteiger partial charge in [0, 0.05) is 11.9 Å². The van der Waals surface area contributed by atoms with Crippen molar-refractivity contribution in [2.75, 3.05) is 0 Å². The van der Waals surface area contributed by atoms with Gasteiger partial charge in [0.15, 0.2) is 0 Å². The first-order valence-corrected chi connectivity index (χ1v) is 7.56. The first kappa shape index (κ1) is 14.4. The molecule has 0 aliphatic heterocycles. The Bertz CT molecular complexity index is 774. The number of benzene rings is 1. The van der Waals surface area contributed by atoms with Crippen molar-refractivity contribution >= 4 is 35.0 Å². The van der Waals surface area contributed by atoms with E-state index in [1.165, 1.54) is 11.8 Å². The summed E-state index contributed by atoms with van der Waals surface area (Å²) in [4.78, 5) is 0. The number of hydrogen-bond acceptors (Lipinski definition) is 7. The van der Waals surface area contributed by atoms with E-state index in [9.17, 15) is 0 Å². The largest absolute Gasteiger partial charge is 0.420 e. The summed E-state index contributed by atoms with van der Waals surface area (Å²) >= 11 is 13.3. The molecule has 0 saturated carbocycles. The fourth-order valence-corrected chi connectivity index (χ4v) is 2.67. The van der Waals surface area contributed by atoms with Gasteiger partial charge >= 0.3 is 0 Å². The molecule has 0 atom stereocenters. The monoisotopic (exact) mass is 342 g/mol. The van der Waals surface area contributed by atoms with Crippen molar-refractivity contribution in [2.24, 2.45) is 0 Å². The molecule has 2 aromatic heterocycles. The number of hydrogen-bond donors (Lipinski definition) is 0. The Morgan fingerprint density at radius 1 is 1.10 bits per heavy atom. The molecule has 0 fully saturated rings. The van der Waals surface area contributed by atoms with E-state index in [1.807, 2.05) is 0 Å². The zero-order valence-electron chi connectivity index (χ0n) is 10.7. The molecule has 0 unspecified atom stereocenters. The Labute approximate surface area is 133 Å². The number of nitrogens with zero attached hydrogens (tertiary/aromatic N) is 4. The van der Waals surface area contributed by atoms with Gasteiger partial charge in [-0.15, -0.1) is 20.4 Å². The van der Waals surface area contributed by atoms with Gasteiger partial charge in [0.05, 0.1) is 16.3 Å². The van der Waals surface area contributed by atoms with Crippen LogP contribution in [0.2, 0.25) is 10.0 Å². The second kappa shape index (κ2) is 6.05. The first-order valence-electron chi connectivity index (χ1n) is 5.82. The zero-order chi connectivity index (χ0) is 14.8. The van der Waals surface area contributed by atoms with Gasteiger partial charge < -0.3 is 8.83 Å². The maximum atomic E-state index is 6.10. The van der Waals surface area contributed by atoms with E-state index in [-0.39, 0.29) is 0 Å². The Hall–Kier alpha value is -1.57. The number of halogens is 2. The summed E-state index contributed by atoms with van der Waals surface area (Å²) in [5, 5.41) is 17.0. The van der Waals surface area contributed by atoms with Crippen LogP contribution >= 0.6 is 35.0 Å². The molecule has 2 heterocycles. The number of thioether (sulfide) groups is 1. The van der Waals surface area contributed by atoms with Gasteiger partial charge in [0.25, 0.3) is 5.22 Å². The SMILES string of the molecule is Cc1nnc(SCc2nnc(-c3ccc(Cl)cc3Cl)o2)o1. The smallest absolute Gasteiger partial charge is 0.277 e. The highest BCUT2D eigenvalue weighted by molar-refractivity contribution is 7.98. The van der Waals surface area contributed by atoms with Crippen LogP contribution in [0.3, 0.4) is 0 Å². The molecule has 0 spiro atoms. The summed E-state index contributed by atoms with van der Waals surface area (Å²) in [6, 6.07) is 5.07. The van der Waals surface area contributed by atoms with Crippen molar-refractivity contribution in [3.8, 4) is 11.5 Å². The van der Waals surface area contributed by atoms with Crippen LogP contribution in [-0.4, -0.2) is 20.4 Å². The minimum atomic E-state index is 0.342. The van der Waals surface area contributed by atoms with Gasteiger partial charge in [-0.1, -0.05) is 35.0 Å². The molecular weight excluding hydrogens is 335 g/mol. The minimum Gasteiger partial charge on any atom is -0.420 e. The van der Waals surface area contributed by atoms with E-state index in [1.54, 1.807) is 25.1 Å². The normalized spacial score (nSPS) is 11.0. The lowest BCUT2D eigenvalue weighted by Gasteiger charge is -1.98. The van der Waals surface area contributed by atoms with Crippen molar-refractivity contribution < 1.29 is 8.83 Å². The van der Waals surface area contributed by atoms with Crippen LogP contribution in [0.4, 0.5) is 0 Å². The summed E-state index contributed by atoms with van der Waals surface area (Å²) in [6.45, 7) is 1.73. The standard InChI is InChI=1S/C12H8Cl2N4O2S/c1-6-15-18-12(19-6)21-5-10-16-17-11(20-10)8-3-2-7(13)4-9(8)14/h2-4H,5H2,1H3. The number of aromatic nitrogens is 4. The molecule has 0 N–H and O–H groups in total. The maximum absolute atomic E-state index is 6.10. The van der Waals surface area contributed by atoms with Crippen molar-refractivity contribution in [1.82, 2.24) is 20.4 Å². The third-order valence-electron chi connectivity index (χ3n) is 2.45. The number of aryl methyl sites for hydroxylation is 1. The van der Waals surface area contributed by atoms with E-state index in [4.69, 9.17) is 32.0 Å². The van der Waals surface area contributed by atoms with Crippen LogP contribution in [-0.2, 0) is 5.75 Å². The molecule has 0 aliphatic rings. The molecule has 108 valence electrons. The predicted molar refractivity (Wildman–Crippen MR) is 78.4 cm³/mol. The van der Waals surface area contributed by atoms with E-state index in [0.717, 1.165) is 0 Å². The first-order chi connectivity index (χ1) is 10.1. The van der Waals surface area contributed by atoms with Crippen molar-refractivity contribution in [2.45, 2.75) is 17.9 Å². The molecule has 0 saturated heterocycles. The molecule has 21 heavy (non-hydrogen) atoms. The second-order valence-electron chi connectivity index (χ2n) is 4.00. The van der Waals surface area contributed by atoms with E-state index < -0.39 is 0 Å². The van der Waals surface area contributed by atoms with Crippen molar-refractivity contribution in [3.63, 3.8) is 0 Å². The Morgan fingerprint density at radius 3 is 2.67 bits per heavy atom. The van der Waals surface area contributed by atoms with Gasteiger partial charge in [-0.3, -0.25) is 0 Å². The third kappa shape index (κ3) is 3.37. The Morgan fingerprint density at radius 2 is 1.95 bits per heavy atom. The van der Waals surface area contributed by atoms with Crippen molar-refractivity contribution in [1.29, 1.82) is 0 Å². The van der Waals surface area contributed by atoms with Crippen LogP contribution in [0.5, 0.6) is 0 Å². The highest BCUT2D eigenvalue weighted by Crippen LogP contribution is 2.30. The van der Waals surface area contributed by atoms with Crippen LogP contribution in [0.25, 0.3) is 11.5 Å². The topological polar surface area (TPSA) is 77.8 Å². The molecule has 9 heteroatoms. The van der Waals surface area contributed by atoms with E-state index in [2.05, 4.69) is 20.4 Å².